The number of oxazole rings is 1. The fraction of sp³-hybridized carbons (Fsp3) is 0.500. The lowest BCUT2D eigenvalue weighted by Crippen LogP contribution is -2.43. The van der Waals surface area contributed by atoms with Gasteiger partial charge in [-0.05, 0) is 43.7 Å². The van der Waals surface area contributed by atoms with Gasteiger partial charge in [-0.2, -0.15) is 0 Å². The van der Waals surface area contributed by atoms with Crippen molar-refractivity contribution in [2.75, 3.05) is 24.5 Å². The first-order valence-electron chi connectivity index (χ1n) is 9.38. The Balaban J connectivity index is 1.34. The van der Waals surface area contributed by atoms with Gasteiger partial charge in [-0.15, -0.1) is 0 Å². The smallest absolute Gasteiger partial charge is 0.291 e. The number of benzene rings is 1. The fourth-order valence-corrected chi connectivity index (χ4v) is 4.34. The highest BCUT2D eigenvalue weighted by Gasteiger charge is 2.38. The maximum absolute atomic E-state index is 13.1. The first-order chi connectivity index (χ1) is 12.3. The van der Waals surface area contributed by atoms with Crippen molar-refractivity contribution in [3.8, 4) is 0 Å². The summed E-state index contributed by atoms with van der Waals surface area (Å²) >= 11 is 0. The number of carbonyl (C=O) groups is 1. The van der Waals surface area contributed by atoms with Gasteiger partial charge >= 0.3 is 0 Å². The van der Waals surface area contributed by atoms with Crippen molar-refractivity contribution in [1.29, 1.82) is 0 Å². The molecule has 1 unspecified atom stereocenters. The highest BCUT2D eigenvalue weighted by atomic mass is 16.3. The zero-order valence-corrected chi connectivity index (χ0v) is 14.4. The molecule has 1 aliphatic carbocycles. The third-order valence-electron chi connectivity index (χ3n) is 5.81. The highest BCUT2D eigenvalue weighted by Crippen LogP contribution is 2.41. The number of anilines is 1. The van der Waals surface area contributed by atoms with Gasteiger partial charge in [0, 0.05) is 37.3 Å². The molecule has 0 radical (unpaired) electrons. The Morgan fingerprint density at radius 1 is 1.20 bits per heavy atom. The van der Waals surface area contributed by atoms with Crippen molar-refractivity contribution in [2.45, 2.75) is 44.1 Å². The summed E-state index contributed by atoms with van der Waals surface area (Å²) in [7, 11) is 0. The topological polar surface area (TPSA) is 49.6 Å². The molecule has 0 N–H and O–H groups in total. The largest absolute Gasteiger partial charge is 0.438 e. The highest BCUT2D eigenvalue weighted by molar-refractivity contribution is 5.93. The zero-order chi connectivity index (χ0) is 16.8. The van der Waals surface area contributed by atoms with E-state index in [1.165, 1.54) is 17.6 Å². The van der Waals surface area contributed by atoms with Gasteiger partial charge in [-0.3, -0.25) is 4.79 Å². The molecule has 5 heteroatoms. The van der Waals surface area contributed by atoms with Gasteiger partial charge in [0.25, 0.3) is 5.91 Å². The summed E-state index contributed by atoms with van der Waals surface area (Å²) in [6, 6.07) is 8.88. The van der Waals surface area contributed by atoms with Crippen molar-refractivity contribution >= 4 is 11.6 Å². The summed E-state index contributed by atoms with van der Waals surface area (Å²) in [5.74, 6) is 0.954. The maximum Gasteiger partial charge on any atom is 0.291 e. The molecule has 0 spiro atoms. The number of aromatic nitrogens is 1. The van der Waals surface area contributed by atoms with Gasteiger partial charge < -0.3 is 14.2 Å². The minimum Gasteiger partial charge on any atom is -0.438 e. The lowest BCUT2D eigenvalue weighted by Gasteiger charge is -2.29. The second-order valence-corrected chi connectivity index (χ2v) is 7.46. The zero-order valence-electron chi connectivity index (χ0n) is 14.4. The molecule has 25 heavy (non-hydrogen) atoms. The van der Waals surface area contributed by atoms with Crippen molar-refractivity contribution in [3.05, 3.63) is 47.7 Å². The van der Waals surface area contributed by atoms with Gasteiger partial charge in [0.15, 0.2) is 6.39 Å². The lowest BCUT2D eigenvalue weighted by atomic mass is 10.1. The number of nitrogens with zero attached hydrogens (tertiary/aromatic N) is 3. The van der Waals surface area contributed by atoms with E-state index in [9.17, 15) is 4.79 Å². The Morgan fingerprint density at radius 3 is 2.96 bits per heavy atom. The van der Waals surface area contributed by atoms with Crippen molar-refractivity contribution in [2.24, 2.45) is 0 Å². The number of amides is 1. The molecule has 3 heterocycles. The summed E-state index contributed by atoms with van der Waals surface area (Å²) in [5.41, 5.74) is 3.63. The number of hydrogen-bond acceptors (Lipinski definition) is 4. The molecule has 2 aliphatic heterocycles. The fourth-order valence-electron chi connectivity index (χ4n) is 4.34. The van der Waals surface area contributed by atoms with E-state index in [1.54, 1.807) is 0 Å². The molecule has 1 aromatic heterocycles. The number of para-hydroxylation sites is 1. The Hall–Kier alpha value is -2.30. The summed E-state index contributed by atoms with van der Waals surface area (Å²) in [6.45, 7) is 2.78. The van der Waals surface area contributed by atoms with Crippen LogP contribution in [-0.2, 0) is 6.42 Å². The maximum atomic E-state index is 13.1. The number of carbonyl (C=O) groups excluding carboxylic acids is 1. The molecule has 130 valence electrons. The predicted octanol–water partition coefficient (Wildman–Crippen LogP) is 3.22. The van der Waals surface area contributed by atoms with E-state index in [0.717, 1.165) is 57.4 Å². The van der Waals surface area contributed by atoms with Crippen molar-refractivity contribution in [1.82, 2.24) is 9.88 Å². The van der Waals surface area contributed by atoms with Gasteiger partial charge in [0.2, 0.25) is 5.76 Å². The van der Waals surface area contributed by atoms with Crippen LogP contribution in [0, 0.1) is 0 Å². The Morgan fingerprint density at radius 2 is 2.08 bits per heavy atom. The Labute approximate surface area is 147 Å². The van der Waals surface area contributed by atoms with E-state index in [2.05, 4.69) is 34.1 Å². The molecule has 3 aliphatic rings. The molecule has 2 aromatic rings. The average Bonchev–Trinajstić information content (AvgIpc) is 3.06. The van der Waals surface area contributed by atoms with Crippen LogP contribution in [0.4, 0.5) is 5.69 Å². The Bertz CT molecular complexity index is 796. The number of hydrogen-bond donors (Lipinski definition) is 0. The summed E-state index contributed by atoms with van der Waals surface area (Å²) in [6.07, 6.45) is 6.92. The van der Waals surface area contributed by atoms with E-state index in [0.29, 0.717) is 11.7 Å². The molecular formula is C20H23N3O2. The van der Waals surface area contributed by atoms with Gasteiger partial charge in [0.1, 0.15) is 0 Å². The summed E-state index contributed by atoms with van der Waals surface area (Å²) < 4.78 is 5.50. The quantitative estimate of drug-likeness (QED) is 0.859. The second-order valence-electron chi connectivity index (χ2n) is 7.46. The average molecular weight is 337 g/mol. The van der Waals surface area contributed by atoms with E-state index in [4.69, 9.17) is 4.42 Å². The van der Waals surface area contributed by atoms with Crippen LogP contribution in [0.15, 0.2) is 35.1 Å². The van der Waals surface area contributed by atoms with Crippen LogP contribution in [0.5, 0.6) is 0 Å². The molecule has 1 amide bonds. The molecule has 5 rings (SSSR count). The van der Waals surface area contributed by atoms with E-state index in [1.807, 2.05) is 4.90 Å². The molecule has 5 nitrogen and oxygen atoms in total. The van der Waals surface area contributed by atoms with Gasteiger partial charge in [-0.25, -0.2) is 4.98 Å². The van der Waals surface area contributed by atoms with Crippen LogP contribution in [0.2, 0.25) is 0 Å². The molecular weight excluding hydrogens is 314 g/mol. The first kappa shape index (κ1) is 15.0. The minimum atomic E-state index is 0.0365. The number of likely N-dealkylation sites (tertiary alicyclic amines) is 1. The number of fused-ring (bicyclic) bond motifs is 1. The van der Waals surface area contributed by atoms with Crippen molar-refractivity contribution < 1.29 is 9.21 Å². The monoisotopic (exact) mass is 337 g/mol. The third-order valence-corrected chi connectivity index (χ3v) is 5.81. The minimum absolute atomic E-state index is 0.0365. The summed E-state index contributed by atoms with van der Waals surface area (Å²) in [4.78, 5) is 21.8. The first-order valence-corrected chi connectivity index (χ1v) is 9.38. The standard InChI is InChI=1S/C20H23N3O2/c24-20(19-18(15-7-8-15)21-13-25-19)23-10-3-5-16(23)12-22-11-9-14-4-1-2-6-17(14)22/h1-2,4,6,13,15-16H,3,5,7-12H2. The SMILES string of the molecule is O=C(c1ocnc1C1CC1)N1CCCC1CN1CCc2ccccc21. The molecule has 2 fully saturated rings. The molecule has 1 saturated heterocycles. The molecule has 1 aromatic carbocycles. The van der Waals surface area contributed by atoms with Crippen molar-refractivity contribution in [3.63, 3.8) is 0 Å². The Kier molecular flexibility index (Phi) is 3.54. The van der Waals surface area contributed by atoms with Crippen LogP contribution in [-0.4, -0.2) is 41.5 Å². The summed E-state index contributed by atoms with van der Waals surface area (Å²) in [5, 5.41) is 0. The van der Waals surface area contributed by atoms with E-state index in [-0.39, 0.29) is 11.9 Å². The van der Waals surface area contributed by atoms with Crippen LogP contribution >= 0.6 is 0 Å². The normalized spacial score (nSPS) is 22.5. The molecule has 0 bridgehead atoms. The van der Waals surface area contributed by atoms with E-state index < -0.39 is 0 Å². The molecule has 1 atom stereocenters. The van der Waals surface area contributed by atoms with Gasteiger partial charge in [0.05, 0.1) is 5.69 Å². The van der Waals surface area contributed by atoms with Crippen LogP contribution in [0.25, 0.3) is 0 Å². The van der Waals surface area contributed by atoms with Crippen LogP contribution < -0.4 is 4.90 Å². The predicted molar refractivity (Wildman–Crippen MR) is 94.9 cm³/mol. The van der Waals surface area contributed by atoms with Crippen LogP contribution in [0.1, 0.15) is 53.4 Å². The number of rotatable bonds is 4. The third kappa shape index (κ3) is 2.62. The van der Waals surface area contributed by atoms with E-state index >= 15 is 0 Å². The van der Waals surface area contributed by atoms with Crippen LogP contribution in [0.3, 0.4) is 0 Å². The van der Waals surface area contributed by atoms with Gasteiger partial charge in [-0.1, -0.05) is 18.2 Å². The lowest BCUT2D eigenvalue weighted by molar-refractivity contribution is 0.0706. The molecule has 1 saturated carbocycles. The second kappa shape index (κ2) is 5.90.